The highest BCUT2D eigenvalue weighted by atomic mass is 127. The third-order valence-corrected chi connectivity index (χ3v) is 5.41. The molecule has 2 N–H and O–H groups in total. The number of guanidine groups is 1. The van der Waals surface area contributed by atoms with E-state index in [1.54, 1.807) is 0 Å². The van der Waals surface area contributed by atoms with E-state index in [1.165, 1.54) is 25.8 Å². The minimum Gasteiger partial charge on any atom is -0.357 e. The molecule has 0 amide bonds. The number of halogens is 1. The zero-order valence-electron chi connectivity index (χ0n) is 14.9. The van der Waals surface area contributed by atoms with Gasteiger partial charge in [-0.3, -0.25) is 9.89 Å². The zero-order valence-corrected chi connectivity index (χ0v) is 18.1. The number of hydrogen-bond acceptors (Lipinski definition) is 3. The zero-order chi connectivity index (χ0) is 15.7. The summed E-state index contributed by atoms with van der Waals surface area (Å²) in [4.78, 5) is 7.34. The molecule has 1 saturated heterocycles. The van der Waals surface area contributed by atoms with Gasteiger partial charge in [-0.05, 0) is 53.0 Å². The first-order valence-electron chi connectivity index (χ1n) is 8.33. The molecule has 132 valence electrons. The lowest BCUT2D eigenvalue weighted by Gasteiger charge is -2.35. The molecule has 1 atom stereocenters. The van der Waals surface area contributed by atoms with Crippen molar-refractivity contribution in [3.63, 3.8) is 0 Å². The number of rotatable bonds is 7. The molecule has 0 bridgehead atoms. The Morgan fingerprint density at radius 1 is 1.27 bits per heavy atom. The van der Waals surface area contributed by atoms with Gasteiger partial charge < -0.3 is 10.6 Å². The van der Waals surface area contributed by atoms with Crippen molar-refractivity contribution in [3.8, 4) is 0 Å². The average Bonchev–Trinajstić information content (AvgIpc) is 2.50. The Kier molecular flexibility index (Phi) is 12.0. The van der Waals surface area contributed by atoms with Gasteiger partial charge in [-0.1, -0.05) is 13.3 Å². The summed E-state index contributed by atoms with van der Waals surface area (Å²) in [6, 6.07) is 0.654. The molecule has 0 spiro atoms. The fraction of sp³-hybridized carbons (Fsp3) is 0.938. The first-order valence-corrected chi connectivity index (χ1v) is 9.56. The summed E-state index contributed by atoms with van der Waals surface area (Å²) in [6.45, 7) is 14.0. The van der Waals surface area contributed by atoms with Gasteiger partial charge in [-0.25, -0.2) is 0 Å². The Morgan fingerprint density at radius 2 is 2.00 bits per heavy atom. The van der Waals surface area contributed by atoms with Crippen LogP contribution in [0.25, 0.3) is 0 Å². The number of likely N-dealkylation sites (tertiary alicyclic amines) is 1. The van der Waals surface area contributed by atoms with E-state index in [0.717, 1.165) is 32.1 Å². The molecule has 4 nitrogen and oxygen atoms in total. The second-order valence-electron chi connectivity index (χ2n) is 6.32. The lowest BCUT2D eigenvalue weighted by molar-refractivity contribution is 0.157. The molecular formula is C16H35IN4S. The Balaban J connectivity index is 0.00000441. The summed E-state index contributed by atoms with van der Waals surface area (Å²) in [7, 11) is 0. The third-order valence-electron chi connectivity index (χ3n) is 4.18. The number of nitrogens with one attached hydrogen (secondary N) is 2. The van der Waals surface area contributed by atoms with Crippen molar-refractivity contribution in [1.82, 2.24) is 15.5 Å². The van der Waals surface area contributed by atoms with Crippen LogP contribution in [0.1, 0.15) is 47.0 Å². The molecule has 1 aliphatic heterocycles. The number of likely N-dealkylation sites (N-methyl/N-ethyl adjacent to an activating group) is 1. The number of piperidine rings is 1. The fourth-order valence-corrected chi connectivity index (χ4v) is 2.79. The van der Waals surface area contributed by atoms with Crippen LogP contribution in [0, 0.1) is 0 Å². The number of nitrogens with zero attached hydrogens (tertiary/aromatic N) is 2. The van der Waals surface area contributed by atoms with E-state index >= 15 is 0 Å². The predicted molar refractivity (Wildman–Crippen MR) is 112 cm³/mol. The molecule has 1 heterocycles. The number of thioether (sulfide) groups is 1. The van der Waals surface area contributed by atoms with Crippen LogP contribution in [-0.2, 0) is 0 Å². The van der Waals surface area contributed by atoms with Crippen LogP contribution in [0.5, 0.6) is 0 Å². The lowest BCUT2D eigenvalue weighted by Crippen LogP contribution is -2.49. The van der Waals surface area contributed by atoms with Crippen LogP contribution in [-0.4, -0.2) is 60.6 Å². The van der Waals surface area contributed by atoms with Crippen molar-refractivity contribution >= 4 is 41.7 Å². The molecule has 0 saturated carbocycles. The van der Waals surface area contributed by atoms with Gasteiger partial charge in [0.15, 0.2) is 5.96 Å². The molecule has 1 rings (SSSR count). The molecule has 22 heavy (non-hydrogen) atoms. The van der Waals surface area contributed by atoms with Gasteiger partial charge in [0.2, 0.25) is 0 Å². The summed E-state index contributed by atoms with van der Waals surface area (Å²) in [6.07, 6.45) is 6.16. The second-order valence-corrected chi connectivity index (χ2v) is 7.83. The van der Waals surface area contributed by atoms with Crippen molar-refractivity contribution in [1.29, 1.82) is 0 Å². The van der Waals surface area contributed by atoms with Gasteiger partial charge in [0, 0.05) is 23.9 Å². The van der Waals surface area contributed by atoms with Gasteiger partial charge in [0.05, 0.1) is 6.54 Å². The normalized spacial score (nSPS) is 20.4. The maximum atomic E-state index is 4.75. The maximum absolute atomic E-state index is 4.75. The molecule has 1 unspecified atom stereocenters. The monoisotopic (exact) mass is 442 g/mol. The first-order chi connectivity index (χ1) is 10.0. The summed E-state index contributed by atoms with van der Waals surface area (Å²) in [5.74, 6) is 0.959. The smallest absolute Gasteiger partial charge is 0.191 e. The molecule has 0 radical (unpaired) electrons. The topological polar surface area (TPSA) is 39.7 Å². The molecule has 0 aromatic rings. The van der Waals surface area contributed by atoms with Crippen LogP contribution < -0.4 is 10.6 Å². The highest BCUT2D eigenvalue weighted by Gasteiger charge is 2.21. The van der Waals surface area contributed by atoms with Gasteiger partial charge in [0.1, 0.15) is 0 Å². The van der Waals surface area contributed by atoms with E-state index in [2.05, 4.69) is 49.5 Å². The van der Waals surface area contributed by atoms with E-state index in [1.807, 2.05) is 11.8 Å². The van der Waals surface area contributed by atoms with Crippen molar-refractivity contribution in [2.24, 2.45) is 4.99 Å². The molecule has 1 fully saturated rings. The van der Waals surface area contributed by atoms with E-state index in [4.69, 9.17) is 4.99 Å². The van der Waals surface area contributed by atoms with Crippen LogP contribution in [0.15, 0.2) is 4.99 Å². The summed E-state index contributed by atoms with van der Waals surface area (Å²) >= 11 is 1.87. The highest BCUT2D eigenvalue weighted by molar-refractivity contribution is 14.0. The predicted octanol–water partition coefficient (Wildman–Crippen LogP) is 3.18. The highest BCUT2D eigenvalue weighted by Crippen LogP contribution is 2.21. The first kappa shape index (κ1) is 22.3. The summed E-state index contributed by atoms with van der Waals surface area (Å²) in [5.41, 5.74) is 0. The Bertz CT molecular complexity index is 323. The van der Waals surface area contributed by atoms with Gasteiger partial charge >= 0.3 is 0 Å². The molecule has 0 aromatic carbocycles. The fourth-order valence-electron chi connectivity index (χ4n) is 2.60. The molecule has 6 heteroatoms. The van der Waals surface area contributed by atoms with Crippen molar-refractivity contribution in [3.05, 3.63) is 0 Å². The maximum Gasteiger partial charge on any atom is 0.191 e. The van der Waals surface area contributed by atoms with E-state index in [-0.39, 0.29) is 28.7 Å². The minimum absolute atomic E-state index is 0. The van der Waals surface area contributed by atoms with Crippen LogP contribution >= 0.6 is 35.7 Å². The molecule has 0 aromatic heterocycles. The average molecular weight is 442 g/mol. The molecule has 1 aliphatic rings. The number of aliphatic imine (C=N–C) groups is 1. The summed E-state index contributed by atoms with van der Waals surface area (Å²) in [5, 5.41) is 6.90. The Morgan fingerprint density at radius 3 is 2.59 bits per heavy atom. The van der Waals surface area contributed by atoms with Crippen LogP contribution in [0.4, 0.5) is 0 Å². The van der Waals surface area contributed by atoms with E-state index in [9.17, 15) is 0 Å². The lowest BCUT2D eigenvalue weighted by atomic mass is 10.0. The molecule has 0 aliphatic carbocycles. The number of hydrogen-bond donors (Lipinski definition) is 2. The SMILES string of the molecule is CCNC(=NCC(C)(C)SC)NCC1CCCCN1CC.I. The van der Waals surface area contributed by atoms with Gasteiger partial charge in [0.25, 0.3) is 0 Å². The standard InChI is InChI=1S/C16H34N4S.HI/c1-6-17-15(19-13-16(3,4)21-5)18-12-14-10-8-9-11-20(14)7-2;/h14H,6-13H2,1-5H3,(H2,17,18,19);1H. The van der Waals surface area contributed by atoms with Gasteiger partial charge in [-0.2, -0.15) is 11.8 Å². The largest absolute Gasteiger partial charge is 0.357 e. The van der Waals surface area contributed by atoms with Gasteiger partial charge in [-0.15, -0.1) is 24.0 Å². The van der Waals surface area contributed by atoms with E-state index in [0.29, 0.717) is 6.04 Å². The summed E-state index contributed by atoms with van der Waals surface area (Å²) < 4.78 is 0.197. The Labute approximate surface area is 158 Å². The molecular weight excluding hydrogens is 407 g/mol. The third kappa shape index (κ3) is 8.24. The quantitative estimate of drug-likeness (QED) is 0.361. The van der Waals surface area contributed by atoms with Crippen LogP contribution in [0.2, 0.25) is 0 Å². The Hall–Kier alpha value is 0.310. The van der Waals surface area contributed by atoms with E-state index < -0.39 is 0 Å². The van der Waals surface area contributed by atoms with Crippen molar-refractivity contribution in [2.45, 2.75) is 57.7 Å². The van der Waals surface area contributed by atoms with Crippen molar-refractivity contribution in [2.75, 3.05) is 39.0 Å². The second kappa shape index (κ2) is 11.8. The van der Waals surface area contributed by atoms with Crippen LogP contribution in [0.3, 0.4) is 0 Å². The minimum atomic E-state index is 0. The van der Waals surface area contributed by atoms with Crippen molar-refractivity contribution < 1.29 is 0 Å².